The molecule has 2 heterocycles. The van der Waals surface area contributed by atoms with Crippen LogP contribution in [0.25, 0.3) is 77.3 Å². The lowest BCUT2D eigenvalue weighted by Crippen LogP contribution is -1.96. The molecular weight excluding hydrogens is 510 g/mol. The fraction of sp³-hybridized carbons (Fsp3) is 0. The van der Waals surface area contributed by atoms with E-state index < -0.39 is 0 Å². The predicted molar refractivity (Wildman–Crippen MR) is 174 cm³/mol. The number of benzene rings is 6. The van der Waals surface area contributed by atoms with Gasteiger partial charge in [0.25, 0.3) is 0 Å². The van der Waals surface area contributed by atoms with Gasteiger partial charge in [0, 0.05) is 29.1 Å². The Hall–Kier alpha value is -5.67. The number of hydrogen-bond acceptors (Lipinski definition) is 3. The van der Waals surface area contributed by atoms with Gasteiger partial charge in [0.1, 0.15) is 0 Å². The summed E-state index contributed by atoms with van der Waals surface area (Å²) < 4.78 is 0. The van der Waals surface area contributed by atoms with Gasteiger partial charge in [0.15, 0.2) is 0 Å². The highest BCUT2D eigenvalue weighted by Crippen LogP contribution is 2.42. The van der Waals surface area contributed by atoms with Crippen LogP contribution in [0.3, 0.4) is 0 Å². The Balaban J connectivity index is 1.38. The number of aromatic nitrogens is 3. The minimum atomic E-state index is 0.886. The monoisotopic (exact) mass is 535 g/mol. The fourth-order valence-electron chi connectivity index (χ4n) is 6.03. The molecular formula is C39H25N3. The summed E-state index contributed by atoms with van der Waals surface area (Å²) in [5, 5.41) is 4.76. The molecule has 0 aliphatic carbocycles. The van der Waals surface area contributed by atoms with Crippen LogP contribution in [-0.4, -0.2) is 15.0 Å². The summed E-state index contributed by atoms with van der Waals surface area (Å²) in [6.07, 6.45) is 3.75. The number of nitrogens with zero attached hydrogens (tertiary/aromatic N) is 3. The summed E-state index contributed by atoms with van der Waals surface area (Å²) in [6, 6.07) is 48.8. The maximum atomic E-state index is 5.20. The summed E-state index contributed by atoms with van der Waals surface area (Å²) in [5.41, 5.74) is 10.4. The van der Waals surface area contributed by atoms with Crippen molar-refractivity contribution in [2.24, 2.45) is 0 Å². The van der Waals surface area contributed by atoms with Gasteiger partial charge in [-0.15, -0.1) is 0 Å². The molecule has 0 aliphatic rings. The van der Waals surface area contributed by atoms with Gasteiger partial charge >= 0.3 is 0 Å². The molecule has 0 saturated heterocycles. The van der Waals surface area contributed by atoms with Crippen LogP contribution in [0.1, 0.15) is 0 Å². The first-order valence-corrected chi connectivity index (χ1v) is 14.1. The van der Waals surface area contributed by atoms with E-state index in [1.54, 1.807) is 0 Å². The molecule has 0 radical (unpaired) electrons. The van der Waals surface area contributed by atoms with Crippen molar-refractivity contribution in [1.29, 1.82) is 0 Å². The first-order valence-electron chi connectivity index (χ1n) is 14.1. The molecule has 0 aliphatic heterocycles. The summed E-state index contributed by atoms with van der Waals surface area (Å²) >= 11 is 0. The van der Waals surface area contributed by atoms with Gasteiger partial charge in [-0.1, -0.05) is 121 Å². The van der Waals surface area contributed by atoms with Crippen LogP contribution < -0.4 is 0 Å². The number of para-hydroxylation sites is 2. The smallest absolute Gasteiger partial charge is 0.0979 e. The van der Waals surface area contributed by atoms with Gasteiger partial charge < -0.3 is 0 Å². The quantitative estimate of drug-likeness (QED) is 0.225. The van der Waals surface area contributed by atoms with Gasteiger partial charge in [-0.3, -0.25) is 4.98 Å². The van der Waals surface area contributed by atoms with Crippen molar-refractivity contribution in [3.63, 3.8) is 0 Å². The average molecular weight is 536 g/mol. The maximum Gasteiger partial charge on any atom is 0.0979 e. The van der Waals surface area contributed by atoms with E-state index in [2.05, 4.69) is 108 Å². The Morgan fingerprint density at radius 3 is 1.43 bits per heavy atom. The lowest BCUT2D eigenvalue weighted by Gasteiger charge is -2.17. The van der Waals surface area contributed by atoms with Crippen LogP contribution in [0.15, 0.2) is 152 Å². The van der Waals surface area contributed by atoms with Crippen molar-refractivity contribution < 1.29 is 0 Å². The molecule has 0 saturated carbocycles. The Morgan fingerprint density at radius 1 is 0.333 bits per heavy atom. The van der Waals surface area contributed by atoms with Gasteiger partial charge in [0.2, 0.25) is 0 Å². The zero-order valence-electron chi connectivity index (χ0n) is 22.8. The number of rotatable bonds is 4. The molecule has 2 aromatic heterocycles. The largest absolute Gasteiger partial charge is 0.264 e. The molecule has 6 aromatic carbocycles. The van der Waals surface area contributed by atoms with E-state index in [1.165, 1.54) is 32.8 Å². The standard InChI is InChI=1S/C39H25N3/c1-2-11-26(12-3-1)38-39(42-37-19-9-8-18-36(37)41-38)35-23-22-34(31-16-6-7-17-32(31)35)33-21-20-28(27-13-10-24-40-25-27)29-14-4-5-15-30(29)33/h1-25H. The number of pyridine rings is 1. The highest BCUT2D eigenvalue weighted by molar-refractivity contribution is 6.12. The van der Waals surface area contributed by atoms with E-state index in [0.717, 1.165) is 44.5 Å². The minimum Gasteiger partial charge on any atom is -0.264 e. The van der Waals surface area contributed by atoms with Gasteiger partial charge in [-0.05, 0) is 56.4 Å². The van der Waals surface area contributed by atoms with Crippen LogP contribution in [0.4, 0.5) is 0 Å². The lowest BCUT2D eigenvalue weighted by atomic mass is 9.88. The van der Waals surface area contributed by atoms with Crippen molar-refractivity contribution in [3.8, 4) is 44.8 Å². The van der Waals surface area contributed by atoms with E-state index >= 15 is 0 Å². The summed E-state index contributed by atoms with van der Waals surface area (Å²) in [7, 11) is 0. The Bertz CT molecular complexity index is 2240. The average Bonchev–Trinajstić information content (AvgIpc) is 3.07. The Kier molecular flexibility index (Phi) is 5.79. The van der Waals surface area contributed by atoms with Crippen LogP contribution in [0.2, 0.25) is 0 Å². The Morgan fingerprint density at radius 2 is 0.810 bits per heavy atom. The third-order valence-electron chi connectivity index (χ3n) is 7.98. The molecule has 196 valence electrons. The van der Waals surface area contributed by atoms with E-state index in [9.17, 15) is 0 Å². The molecule has 0 atom stereocenters. The molecule has 0 fully saturated rings. The Labute approximate surface area is 243 Å². The topological polar surface area (TPSA) is 38.7 Å². The maximum absolute atomic E-state index is 5.20. The minimum absolute atomic E-state index is 0.886. The van der Waals surface area contributed by atoms with Crippen molar-refractivity contribution >= 4 is 32.6 Å². The molecule has 8 aromatic rings. The van der Waals surface area contributed by atoms with Gasteiger partial charge in [-0.2, -0.15) is 0 Å². The van der Waals surface area contributed by atoms with Gasteiger partial charge in [0.05, 0.1) is 22.4 Å². The van der Waals surface area contributed by atoms with Crippen LogP contribution >= 0.6 is 0 Å². The molecule has 8 rings (SSSR count). The highest BCUT2D eigenvalue weighted by atomic mass is 14.8. The molecule has 3 nitrogen and oxygen atoms in total. The van der Waals surface area contributed by atoms with E-state index in [-0.39, 0.29) is 0 Å². The first-order chi connectivity index (χ1) is 20.8. The van der Waals surface area contributed by atoms with Crippen molar-refractivity contribution in [3.05, 3.63) is 152 Å². The predicted octanol–water partition coefficient (Wildman–Crippen LogP) is 10.00. The van der Waals surface area contributed by atoms with E-state index in [1.807, 2.05) is 48.8 Å². The number of fused-ring (bicyclic) bond motifs is 3. The van der Waals surface area contributed by atoms with E-state index in [4.69, 9.17) is 9.97 Å². The molecule has 0 N–H and O–H groups in total. The first kappa shape index (κ1) is 24.2. The summed E-state index contributed by atoms with van der Waals surface area (Å²) in [6.45, 7) is 0. The molecule has 0 unspecified atom stereocenters. The third kappa shape index (κ3) is 4.03. The lowest BCUT2D eigenvalue weighted by molar-refractivity contribution is 1.30. The zero-order valence-corrected chi connectivity index (χ0v) is 22.8. The van der Waals surface area contributed by atoms with Crippen molar-refractivity contribution in [2.45, 2.75) is 0 Å². The molecule has 42 heavy (non-hydrogen) atoms. The highest BCUT2D eigenvalue weighted by Gasteiger charge is 2.18. The molecule has 0 spiro atoms. The molecule has 0 amide bonds. The zero-order chi connectivity index (χ0) is 27.9. The SMILES string of the molecule is c1ccc(-c2nc3ccccc3nc2-c2ccc(-c3ccc(-c4cccnc4)c4ccccc34)c3ccccc23)cc1. The van der Waals surface area contributed by atoms with Gasteiger partial charge in [-0.25, -0.2) is 9.97 Å². The summed E-state index contributed by atoms with van der Waals surface area (Å²) in [5.74, 6) is 0. The molecule has 3 heteroatoms. The van der Waals surface area contributed by atoms with Crippen LogP contribution in [0, 0.1) is 0 Å². The summed E-state index contributed by atoms with van der Waals surface area (Å²) in [4.78, 5) is 14.7. The van der Waals surface area contributed by atoms with E-state index in [0.29, 0.717) is 0 Å². The number of hydrogen-bond donors (Lipinski definition) is 0. The second-order valence-corrected chi connectivity index (χ2v) is 10.4. The fourth-order valence-corrected chi connectivity index (χ4v) is 6.03. The van der Waals surface area contributed by atoms with Crippen LogP contribution in [0.5, 0.6) is 0 Å². The van der Waals surface area contributed by atoms with Crippen molar-refractivity contribution in [1.82, 2.24) is 15.0 Å². The van der Waals surface area contributed by atoms with Crippen LogP contribution in [-0.2, 0) is 0 Å². The molecule has 0 bridgehead atoms. The third-order valence-corrected chi connectivity index (χ3v) is 7.98. The second-order valence-electron chi connectivity index (χ2n) is 10.4. The normalized spacial score (nSPS) is 11.3. The second kappa shape index (κ2) is 10.1. The van der Waals surface area contributed by atoms with Crippen molar-refractivity contribution in [2.75, 3.05) is 0 Å².